The van der Waals surface area contributed by atoms with Gasteiger partial charge in [0.25, 0.3) is 0 Å². The zero-order chi connectivity index (χ0) is 9.61. The van der Waals surface area contributed by atoms with Gasteiger partial charge in [0.05, 0.1) is 24.9 Å². The van der Waals surface area contributed by atoms with Gasteiger partial charge in [0.2, 0.25) is 0 Å². The molecular formula is C7H17NO4. The molecule has 12 heavy (non-hydrogen) atoms. The fourth-order valence-electron chi connectivity index (χ4n) is 0.629. The monoisotopic (exact) mass is 179 g/mol. The summed E-state index contributed by atoms with van der Waals surface area (Å²) in [6.45, 7) is 1.21. The molecule has 0 aromatic heterocycles. The van der Waals surface area contributed by atoms with Gasteiger partial charge in [0.1, 0.15) is 0 Å². The molecule has 0 radical (unpaired) electrons. The molecule has 0 spiro atoms. The summed E-state index contributed by atoms with van der Waals surface area (Å²) in [5, 5.41) is 37.9. The van der Waals surface area contributed by atoms with E-state index in [2.05, 4.69) is 5.32 Å². The van der Waals surface area contributed by atoms with E-state index in [4.69, 9.17) is 15.3 Å². The van der Waals surface area contributed by atoms with E-state index in [9.17, 15) is 5.11 Å². The SMILES string of the molecule is CC(O)(CO)CNCC(O)CO. The minimum Gasteiger partial charge on any atom is -0.394 e. The minimum absolute atomic E-state index is 0.181. The predicted octanol–water partition coefficient (Wildman–Crippen LogP) is -2.33. The van der Waals surface area contributed by atoms with E-state index in [0.29, 0.717) is 0 Å². The Hall–Kier alpha value is -0.200. The van der Waals surface area contributed by atoms with Gasteiger partial charge in [-0.05, 0) is 6.92 Å². The first-order valence-corrected chi connectivity index (χ1v) is 3.84. The van der Waals surface area contributed by atoms with Crippen LogP contribution in [0.5, 0.6) is 0 Å². The molecule has 0 aromatic rings. The maximum Gasteiger partial charge on any atom is 0.0972 e. The van der Waals surface area contributed by atoms with E-state index in [-0.39, 0.29) is 26.3 Å². The Morgan fingerprint density at radius 3 is 2.42 bits per heavy atom. The van der Waals surface area contributed by atoms with E-state index < -0.39 is 11.7 Å². The molecule has 0 aliphatic heterocycles. The smallest absolute Gasteiger partial charge is 0.0972 e. The third-order valence-electron chi connectivity index (χ3n) is 1.44. The lowest BCUT2D eigenvalue weighted by Gasteiger charge is -2.21. The van der Waals surface area contributed by atoms with Gasteiger partial charge in [-0.2, -0.15) is 0 Å². The molecule has 2 atom stereocenters. The van der Waals surface area contributed by atoms with Crippen LogP contribution in [0.2, 0.25) is 0 Å². The summed E-state index contributed by atoms with van der Waals surface area (Å²) in [5.74, 6) is 0. The largest absolute Gasteiger partial charge is 0.394 e. The molecule has 0 fully saturated rings. The molecular weight excluding hydrogens is 162 g/mol. The van der Waals surface area contributed by atoms with Crippen molar-refractivity contribution in [2.45, 2.75) is 18.6 Å². The van der Waals surface area contributed by atoms with Crippen LogP contribution in [0.4, 0.5) is 0 Å². The number of hydrogen-bond donors (Lipinski definition) is 5. The van der Waals surface area contributed by atoms with E-state index in [0.717, 1.165) is 0 Å². The Morgan fingerprint density at radius 1 is 1.42 bits per heavy atom. The molecule has 0 saturated heterocycles. The first-order valence-electron chi connectivity index (χ1n) is 3.84. The van der Waals surface area contributed by atoms with Crippen LogP contribution in [-0.4, -0.2) is 58.4 Å². The van der Waals surface area contributed by atoms with Crippen molar-refractivity contribution in [1.29, 1.82) is 0 Å². The maximum absolute atomic E-state index is 9.25. The Balaban J connectivity index is 3.42. The van der Waals surface area contributed by atoms with Crippen LogP contribution in [0.15, 0.2) is 0 Å². The van der Waals surface area contributed by atoms with Gasteiger partial charge in [-0.15, -0.1) is 0 Å². The lowest BCUT2D eigenvalue weighted by molar-refractivity contribution is -0.000716. The van der Waals surface area contributed by atoms with Crippen molar-refractivity contribution in [2.24, 2.45) is 0 Å². The number of rotatable bonds is 6. The fourth-order valence-corrected chi connectivity index (χ4v) is 0.629. The lowest BCUT2D eigenvalue weighted by Crippen LogP contribution is -2.43. The number of hydrogen-bond acceptors (Lipinski definition) is 5. The van der Waals surface area contributed by atoms with Crippen LogP contribution in [0.1, 0.15) is 6.92 Å². The van der Waals surface area contributed by atoms with Gasteiger partial charge in [0, 0.05) is 13.1 Å². The normalized spacial score (nSPS) is 18.8. The van der Waals surface area contributed by atoms with Gasteiger partial charge in [-0.25, -0.2) is 0 Å². The van der Waals surface area contributed by atoms with Crippen LogP contribution in [0.3, 0.4) is 0 Å². The van der Waals surface area contributed by atoms with Crippen LogP contribution in [0, 0.1) is 0 Å². The standard InChI is InChI=1S/C7H17NO4/c1-7(12,5-10)4-8-2-6(11)3-9/h6,8-12H,2-5H2,1H3. The lowest BCUT2D eigenvalue weighted by atomic mass is 10.1. The molecule has 0 saturated carbocycles. The minimum atomic E-state index is -1.17. The van der Waals surface area contributed by atoms with Crippen molar-refractivity contribution in [3.8, 4) is 0 Å². The summed E-state index contributed by atoms with van der Waals surface area (Å²) >= 11 is 0. The third kappa shape index (κ3) is 5.45. The molecule has 0 aliphatic rings. The van der Waals surface area contributed by atoms with E-state index in [1.807, 2.05) is 0 Å². The second-order valence-corrected chi connectivity index (χ2v) is 3.12. The van der Waals surface area contributed by atoms with Crippen molar-refractivity contribution in [1.82, 2.24) is 5.32 Å². The predicted molar refractivity (Wildman–Crippen MR) is 43.7 cm³/mol. The second-order valence-electron chi connectivity index (χ2n) is 3.12. The Bertz CT molecular complexity index is 118. The summed E-state index contributed by atoms with van der Waals surface area (Å²) in [6.07, 6.45) is -0.820. The van der Waals surface area contributed by atoms with Crippen LogP contribution in [0.25, 0.3) is 0 Å². The average molecular weight is 179 g/mol. The zero-order valence-corrected chi connectivity index (χ0v) is 7.19. The molecule has 0 heterocycles. The first kappa shape index (κ1) is 11.8. The van der Waals surface area contributed by atoms with E-state index in [1.54, 1.807) is 0 Å². The van der Waals surface area contributed by atoms with Gasteiger partial charge in [0.15, 0.2) is 0 Å². The highest BCUT2D eigenvalue weighted by atomic mass is 16.3. The Kier molecular flexibility index (Phi) is 5.36. The Labute approximate surface area is 71.7 Å². The van der Waals surface area contributed by atoms with Crippen molar-refractivity contribution in [2.75, 3.05) is 26.3 Å². The molecule has 5 nitrogen and oxygen atoms in total. The summed E-state index contributed by atoms with van der Waals surface area (Å²) in [6, 6.07) is 0. The zero-order valence-electron chi connectivity index (χ0n) is 7.19. The van der Waals surface area contributed by atoms with Gasteiger partial charge < -0.3 is 25.7 Å². The van der Waals surface area contributed by atoms with Crippen molar-refractivity contribution >= 4 is 0 Å². The molecule has 0 aliphatic carbocycles. The van der Waals surface area contributed by atoms with Crippen LogP contribution >= 0.6 is 0 Å². The number of aliphatic hydroxyl groups excluding tert-OH is 3. The number of nitrogens with one attached hydrogen (secondary N) is 1. The first-order chi connectivity index (χ1) is 5.52. The van der Waals surface area contributed by atoms with E-state index in [1.165, 1.54) is 6.92 Å². The summed E-state index contributed by atoms with van der Waals surface area (Å²) in [7, 11) is 0. The molecule has 2 unspecified atom stereocenters. The molecule has 0 aromatic carbocycles. The van der Waals surface area contributed by atoms with Crippen LogP contribution < -0.4 is 5.32 Å². The molecule has 0 rings (SSSR count). The Morgan fingerprint density at radius 2 is 2.00 bits per heavy atom. The highest BCUT2D eigenvalue weighted by Gasteiger charge is 2.18. The van der Waals surface area contributed by atoms with Gasteiger partial charge in [-0.3, -0.25) is 0 Å². The topological polar surface area (TPSA) is 93.0 Å². The summed E-state index contributed by atoms with van der Waals surface area (Å²) in [4.78, 5) is 0. The number of aliphatic hydroxyl groups is 4. The van der Waals surface area contributed by atoms with Crippen molar-refractivity contribution in [3.63, 3.8) is 0 Å². The maximum atomic E-state index is 9.25. The molecule has 74 valence electrons. The average Bonchev–Trinajstić information content (AvgIpc) is 2.04. The molecule has 0 bridgehead atoms. The van der Waals surface area contributed by atoms with Crippen molar-refractivity contribution < 1.29 is 20.4 Å². The molecule has 5 heteroatoms. The second kappa shape index (κ2) is 5.45. The van der Waals surface area contributed by atoms with Crippen molar-refractivity contribution in [3.05, 3.63) is 0 Å². The highest BCUT2D eigenvalue weighted by Crippen LogP contribution is 1.97. The summed E-state index contributed by atoms with van der Waals surface area (Å²) in [5.41, 5.74) is -1.17. The molecule has 0 amide bonds. The van der Waals surface area contributed by atoms with Crippen LogP contribution in [-0.2, 0) is 0 Å². The van der Waals surface area contributed by atoms with E-state index >= 15 is 0 Å². The fraction of sp³-hybridized carbons (Fsp3) is 1.00. The van der Waals surface area contributed by atoms with Gasteiger partial charge in [-0.1, -0.05) is 0 Å². The highest BCUT2D eigenvalue weighted by molar-refractivity contribution is 4.74. The summed E-state index contributed by atoms with van der Waals surface area (Å²) < 4.78 is 0. The third-order valence-corrected chi connectivity index (χ3v) is 1.44. The molecule has 5 N–H and O–H groups in total. The van der Waals surface area contributed by atoms with Gasteiger partial charge >= 0.3 is 0 Å². The quantitative estimate of drug-likeness (QED) is 0.315.